The Morgan fingerprint density at radius 3 is 2.36 bits per heavy atom. The van der Waals surface area contributed by atoms with Crippen LogP contribution in [0.1, 0.15) is 16.7 Å². The van der Waals surface area contributed by atoms with Crippen molar-refractivity contribution in [2.75, 3.05) is 19.3 Å². The molecule has 1 aromatic rings. The summed E-state index contributed by atoms with van der Waals surface area (Å²) in [7, 11) is 1.93. The summed E-state index contributed by atoms with van der Waals surface area (Å²) in [5, 5.41) is 3.07. The van der Waals surface area contributed by atoms with Crippen LogP contribution in [0.25, 0.3) is 6.08 Å². The van der Waals surface area contributed by atoms with E-state index in [0.29, 0.717) is 0 Å². The predicted octanol–water partition coefficient (Wildman–Crippen LogP) is 2.12. The number of likely N-dealkylation sites (N-methyl/N-ethyl adjacent to an activating group) is 1. The van der Waals surface area contributed by atoms with Gasteiger partial charge in [-0.25, -0.2) is 0 Å². The van der Waals surface area contributed by atoms with Gasteiger partial charge in [0.05, 0.1) is 0 Å². The molecule has 0 heterocycles. The maximum Gasteiger partial charge on any atom is 0.0373 e. The standard InChI is InChI=1S/C12H18N2/c1-9-7-11(5-4-6-14-3)8-10(2)12(9)13/h4-5,7-8,14H,6,13H2,1-3H3. The molecule has 1 rings (SSSR count). The SMILES string of the molecule is CNCC=Cc1cc(C)c(N)c(C)c1. The lowest BCUT2D eigenvalue weighted by atomic mass is 10.0. The molecule has 0 saturated heterocycles. The normalized spacial score (nSPS) is 11.1. The Hall–Kier alpha value is -1.28. The van der Waals surface area contributed by atoms with E-state index < -0.39 is 0 Å². The summed E-state index contributed by atoms with van der Waals surface area (Å²) in [6, 6.07) is 4.21. The molecule has 0 unspecified atom stereocenters. The molecule has 0 aliphatic carbocycles. The Kier molecular flexibility index (Phi) is 3.72. The van der Waals surface area contributed by atoms with Crippen LogP contribution in [-0.2, 0) is 0 Å². The molecule has 2 nitrogen and oxygen atoms in total. The third kappa shape index (κ3) is 2.60. The van der Waals surface area contributed by atoms with Crippen molar-refractivity contribution in [3.05, 3.63) is 34.9 Å². The highest BCUT2D eigenvalue weighted by molar-refractivity contribution is 5.61. The van der Waals surface area contributed by atoms with Gasteiger partial charge in [0.1, 0.15) is 0 Å². The zero-order chi connectivity index (χ0) is 10.6. The van der Waals surface area contributed by atoms with E-state index in [-0.39, 0.29) is 0 Å². The molecule has 1 aromatic carbocycles. The van der Waals surface area contributed by atoms with Crippen LogP contribution in [0.3, 0.4) is 0 Å². The van der Waals surface area contributed by atoms with E-state index in [1.807, 2.05) is 20.9 Å². The summed E-state index contributed by atoms with van der Waals surface area (Å²) in [5.74, 6) is 0. The van der Waals surface area contributed by atoms with Gasteiger partial charge in [-0.3, -0.25) is 0 Å². The first-order valence-electron chi connectivity index (χ1n) is 4.83. The summed E-state index contributed by atoms with van der Waals surface area (Å²) in [6.07, 6.45) is 4.21. The number of hydrogen-bond acceptors (Lipinski definition) is 2. The molecule has 0 atom stereocenters. The molecule has 0 aliphatic heterocycles. The largest absolute Gasteiger partial charge is 0.398 e. The van der Waals surface area contributed by atoms with Gasteiger partial charge in [0.15, 0.2) is 0 Å². The van der Waals surface area contributed by atoms with Crippen LogP contribution in [0.5, 0.6) is 0 Å². The van der Waals surface area contributed by atoms with Gasteiger partial charge >= 0.3 is 0 Å². The minimum Gasteiger partial charge on any atom is -0.398 e. The van der Waals surface area contributed by atoms with Crippen molar-refractivity contribution in [2.24, 2.45) is 0 Å². The molecule has 0 radical (unpaired) electrons. The van der Waals surface area contributed by atoms with Crippen LogP contribution >= 0.6 is 0 Å². The van der Waals surface area contributed by atoms with Gasteiger partial charge in [-0.15, -0.1) is 0 Å². The molecule has 0 spiro atoms. The maximum absolute atomic E-state index is 5.87. The third-order valence-electron chi connectivity index (χ3n) is 2.25. The van der Waals surface area contributed by atoms with Crippen molar-refractivity contribution in [3.8, 4) is 0 Å². The first-order chi connectivity index (χ1) is 6.65. The lowest BCUT2D eigenvalue weighted by Gasteiger charge is -2.05. The van der Waals surface area contributed by atoms with Gasteiger partial charge in [0.2, 0.25) is 0 Å². The van der Waals surface area contributed by atoms with Gasteiger partial charge in [-0.1, -0.05) is 12.2 Å². The van der Waals surface area contributed by atoms with Gasteiger partial charge in [0.25, 0.3) is 0 Å². The molecule has 0 aliphatic rings. The Labute approximate surface area is 85.8 Å². The number of nitrogens with two attached hydrogens (primary N) is 1. The molecular formula is C12H18N2. The van der Waals surface area contributed by atoms with E-state index in [0.717, 1.165) is 23.4 Å². The molecule has 76 valence electrons. The smallest absolute Gasteiger partial charge is 0.0373 e. The minimum atomic E-state index is 0.891. The lowest BCUT2D eigenvalue weighted by molar-refractivity contribution is 0.922. The second-order valence-electron chi connectivity index (χ2n) is 3.53. The van der Waals surface area contributed by atoms with Crippen LogP contribution in [0.15, 0.2) is 18.2 Å². The molecule has 0 amide bonds. The summed E-state index contributed by atoms with van der Waals surface area (Å²) in [5.41, 5.74) is 10.3. The van der Waals surface area contributed by atoms with Gasteiger partial charge in [-0.2, -0.15) is 0 Å². The monoisotopic (exact) mass is 190 g/mol. The first-order valence-corrected chi connectivity index (χ1v) is 4.83. The fourth-order valence-electron chi connectivity index (χ4n) is 1.42. The fraction of sp³-hybridized carbons (Fsp3) is 0.333. The minimum absolute atomic E-state index is 0.891. The van der Waals surface area contributed by atoms with E-state index in [4.69, 9.17) is 5.73 Å². The second kappa shape index (κ2) is 4.82. The zero-order valence-electron chi connectivity index (χ0n) is 9.09. The third-order valence-corrected chi connectivity index (χ3v) is 2.25. The molecule has 2 heteroatoms. The van der Waals surface area contributed by atoms with Gasteiger partial charge in [-0.05, 0) is 49.7 Å². The highest BCUT2D eigenvalue weighted by Gasteiger charge is 1.98. The predicted molar refractivity (Wildman–Crippen MR) is 63.3 cm³/mol. The van der Waals surface area contributed by atoms with Crippen molar-refractivity contribution in [3.63, 3.8) is 0 Å². The number of benzene rings is 1. The van der Waals surface area contributed by atoms with E-state index >= 15 is 0 Å². The van der Waals surface area contributed by atoms with Crippen molar-refractivity contribution < 1.29 is 0 Å². The van der Waals surface area contributed by atoms with Crippen molar-refractivity contribution >= 4 is 11.8 Å². The lowest BCUT2D eigenvalue weighted by Crippen LogP contribution is -2.03. The Balaban J connectivity index is 2.89. The Bertz CT molecular complexity index is 317. The van der Waals surface area contributed by atoms with Crippen LogP contribution in [0, 0.1) is 13.8 Å². The number of rotatable bonds is 3. The molecule has 0 saturated carbocycles. The topological polar surface area (TPSA) is 38.0 Å². The second-order valence-corrected chi connectivity index (χ2v) is 3.53. The molecule has 14 heavy (non-hydrogen) atoms. The van der Waals surface area contributed by atoms with Crippen LogP contribution in [0.4, 0.5) is 5.69 Å². The summed E-state index contributed by atoms with van der Waals surface area (Å²) < 4.78 is 0. The molecule has 3 N–H and O–H groups in total. The first kappa shape index (κ1) is 10.8. The van der Waals surface area contributed by atoms with Crippen LogP contribution in [0.2, 0.25) is 0 Å². The van der Waals surface area contributed by atoms with E-state index in [9.17, 15) is 0 Å². The molecule has 0 fully saturated rings. The molecule has 0 bridgehead atoms. The number of aryl methyl sites for hydroxylation is 2. The number of hydrogen-bond donors (Lipinski definition) is 2. The summed E-state index contributed by atoms with van der Waals surface area (Å²) in [4.78, 5) is 0. The summed E-state index contributed by atoms with van der Waals surface area (Å²) in [6.45, 7) is 4.97. The van der Waals surface area contributed by atoms with Gasteiger partial charge < -0.3 is 11.1 Å². The summed E-state index contributed by atoms with van der Waals surface area (Å²) >= 11 is 0. The average molecular weight is 190 g/mol. The number of nitrogens with one attached hydrogen (secondary N) is 1. The maximum atomic E-state index is 5.87. The van der Waals surface area contributed by atoms with Crippen molar-refractivity contribution in [1.82, 2.24) is 5.32 Å². The molecule has 0 aromatic heterocycles. The number of anilines is 1. The quantitative estimate of drug-likeness (QED) is 0.716. The van der Waals surface area contributed by atoms with Crippen molar-refractivity contribution in [1.29, 1.82) is 0 Å². The van der Waals surface area contributed by atoms with Crippen LogP contribution in [-0.4, -0.2) is 13.6 Å². The molecular weight excluding hydrogens is 172 g/mol. The average Bonchev–Trinajstić information content (AvgIpc) is 2.14. The Morgan fingerprint density at radius 2 is 1.86 bits per heavy atom. The zero-order valence-corrected chi connectivity index (χ0v) is 9.09. The fourth-order valence-corrected chi connectivity index (χ4v) is 1.42. The van der Waals surface area contributed by atoms with E-state index in [1.165, 1.54) is 5.56 Å². The highest BCUT2D eigenvalue weighted by Crippen LogP contribution is 2.19. The highest BCUT2D eigenvalue weighted by atomic mass is 14.8. The van der Waals surface area contributed by atoms with Gasteiger partial charge in [0, 0.05) is 12.2 Å². The van der Waals surface area contributed by atoms with E-state index in [1.54, 1.807) is 0 Å². The Morgan fingerprint density at radius 1 is 1.29 bits per heavy atom. The number of nitrogen functional groups attached to an aromatic ring is 1. The van der Waals surface area contributed by atoms with Crippen LogP contribution < -0.4 is 11.1 Å². The van der Waals surface area contributed by atoms with E-state index in [2.05, 4.69) is 29.6 Å². The van der Waals surface area contributed by atoms with Crippen molar-refractivity contribution in [2.45, 2.75) is 13.8 Å².